The molecule has 1 amide bonds. The maximum atomic E-state index is 13.2. The number of carboxylic acid groups (broad SMARTS) is 1. The lowest BCUT2D eigenvalue weighted by Gasteiger charge is -2.20. The van der Waals surface area contributed by atoms with E-state index in [1.54, 1.807) is 6.07 Å². The molecule has 0 aliphatic carbocycles. The van der Waals surface area contributed by atoms with Gasteiger partial charge in [-0.1, -0.05) is 30.7 Å². The Morgan fingerprint density at radius 3 is 2.47 bits per heavy atom. The number of carboxylic acids is 1. The van der Waals surface area contributed by atoms with Crippen LogP contribution in [0.5, 0.6) is 11.5 Å². The third-order valence-electron chi connectivity index (χ3n) is 4.93. The number of carbonyl (C=O) groups is 2. The normalized spacial score (nSPS) is 12.3. The van der Waals surface area contributed by atoms with Gasteiger partial charge in [0.25, 0.3) is 5.91 Å². The molecule has 2 aromatic rings. The van der Waals surface area contributed by atoms with Crippen molar-refractivity contribution >= 4 is 23.5 Å². The molecule has 2 N–H and O–H groups in total. The van der Waals surface area contributed by atoms with Crippen LogP contribution in [0, 0.1) is 0 Å². The van der Waals surface area contributed by atoms with Gasteiger partial charge in [-0.25, -0.2) is 13.6 Å². The van der Waals surface area contributed by atoms with E-state index in [2.05, 4.69) is 10.1 Å². The maximum Gasteiger partial charge on any atom is 0.333 e. The zero-order valence-electron chi connectivity index (χ0n) is 19.5. The van der Waals surface area contributed by atoms with Crippen molar-refractivity contribution in [2.75, 3.05) is 20.3 Å². The van der Waals surface area contributed by atoms with Crippen LogP contribution in [-0.2, 0) is 22.5 Å². The zero-order chi connectivity index (χ0) is 26.9. The molecule has 12 heteroatoms. The summed E-state index contributed by atoms with van der Waals surface area (Å²) < 4.78 is 66.3. The summed E-state index contributed by atoms with van der Waals surface area (Å²) in [6, 6.07) is 9.11. The minimum atomic E-state index is -4.48. The number of alkyl halides is 4. The monoisotopic (exact) mass is 535 g/mol. The Morgan fingerprint density at radius 2 is 1.89 bits per heavy atom. The van der Waals surface area contributed by atoms with Gasteiger partial charge in [0, 0.05) is 18.5 Å². The second-order valence-electron chi connectivity index (χ2n) is 7.72. The molecule has 0 spiro atoms. The number of aliphatic carboxylic acids is 1. The van der Waals surface area contributed by atoms with Crippen LogP contribution in [-0.4, -0.2) is 55.8 Å². The highest BCUT2D eigenvalue weighted by Gasteiger charge is 2.42. The van der Waals surface area contributed by atoms with Crippen LogP contribution >= 0.6 is 11.6 Å². The van der Waals surface area contributed by atoms with Gasteiger partial charge >= 0.3 is 18.3 Å². The van der Waals surface area contributed by atoms with Gasteiger partial charge < -0.3 is 24.6 Å². The summed E-state index contributed by atoms with van der Waals surface area (Å²) in [6.07, 6.45) is -5.36. The maximum absolute atomic E-state index is 13.2. The number of amides is 1. The molecule has 0 aromatic heterocycles. The Morgan fingerprint density at radius 1 is 1.17 bits per heavy atom. The fourth-order valence-corrected chi connectivity index (χ4v) is 3.32. The van der Waals surface area contributed by atoms with Crippen molar-refractivity contribution in [2.45, 2.75) is 44.8 Å². The molecular weight excluding hydrogens is 510 g/mol. The number of carbonyl (C=O) groups excluding carboxylic acids is 1. The highest BCUT2D eigenvalue weighted by Crippen LogP contribution is 2.26. The molecule has 0 radical (unpaired) electrons. The number of hydrogen-bond acceptors (Lipinski definition) is 5. The van der Waals surface area contributed by atoms with Crippen molar-refractivity contribution in [3.05, 3.63) is 58.1 Å². The fraction of sp³-hybridized carbons (Fsp3) is 0.417. The Labute approximate surface area is 210 Å². The quantitative estimate of drug-likeness (QED) is 0.331. The van der Waals surface area contributed by atoms with Gasteiger partial charge in [0.05, 0.1) is 24.3 Å². The highest BCUT2D eigenvalue weighted by atomic mass is 35.5. The lowest BCUT2D eigenvalue weighted by molar-refractivity contribution is -0.185. The Balaban J connectivity index is 2.11. The SMILES string of the molecule is CCCOc1ccc(C(=O)NCc2cc(CC(OCC(F)(F)C(F)F)C(=O)O)ccc2OC)c(Cl)c1. The first-order valence-corrected chi connectivity index (χ1v) is 11.2. The van der Waals surface area contributed by atoms with E-state index in [1.807, 2.05) is 6.92 Å². The topological polar surface area (TPSA) is 94.1 Å². The van der Waals surface area contributed by atoms with E-state index >= 15 is 0 Å². The van der Waals surface area contributed by atoms with Gasteiger partial charge in [-0.3, -0.25) is 4.79 Å². The summed E-state index contributed by atoms with van der Waals surface area (Å²) in [5, 5.41) is 12.1. The summed E-state index contributed by atoms with van der Waals surface area (Å²) in [5.41, 5.74) is 0.989. The molecule has 0 heterocycles. The molecule has 0 fully saturated rings. The number of rotatable bonds is 14. The van der Waals surface area contributed by atoms with Gasteiger partial charge in [-0.05, 0) is 36.2 Å². The summed E-state index contributed by atoms with van der Waals surface area (Å²) in [7, 11) is 1.39. The summed E-state index contributed by atoms with van der Waals surface area (Å²) in [4.78, 5) is 24.1. The zero-order valence-corrected chi connectivity index (χ0v) is 20.3. The smallest absolute Gasteiger partial charge is 0.333 e. The molecule has 7 nitrogen and oxygen atoms in total. The van der Waals surface area contributed by atoms with Gasteiger partial charge in [0.2, 0.25) is 0 Å². The third-order valence-corrected chi connectivity index (χ3v) is 5.25. The summed E-state index contributed by atoms with van der Waals surface area (Å²) >= 11 is 6.20. The molecule has 198 valence electrons. The highest BCUT2D eigenvalue weighted by molar-refractivity contribution is 6.34. The van der Waals surface area contributed by atoms with E-state index in [4.69, 9.17) is 21.1 Å². The van der Waals surface area contributed by atoms with E-state index < -0.39 is 36.9 Å². The number of hydrogen-bond donors (Lipinski definition) is 2. The van der Waals surface area contributed by atoms with Crippen molar-refractivity contribution in [1.82, 2.24) is 5.32 Å². The molecule has 2 aromatic carbocycles. The van der Waals surface area contributed by atoms with E-state index in [9.17, 15) is 32.3 Å². The Kier molecular flexibility index (Phi) is 10.8. The standard InChI is InChI=1S/C24H26ClF4NO6/c1-3-8-35-16-5-6-17(18(25)11-16)21(31)30-12-15-9-14(4-7-19(15)34-2)10-20(22(32)33)36-13-24(28,29)23(26)27/h4-7,9,11,20,23H,3,8,10,12-13H2,1-2H3,(H,30,31)(H,32,33). The number of halogens is 5. The Hall–Kier alpha value is -3.05. The number of benzene rings is 2. The van der Waals surface area contributed by atoms with Crippen LogP contribution in [0.2, 0.25) is 5.02 Å². The molecule has 0 bridgehead atoms. The van der Waals surface area contributed by atoms with Crippen LogP contribution in [0.15, 0.2) is 36.4 Å². The van der Waals surface area contributed by atoms with E-state index in [-0.39, 0.29) is 23.6 Å². The molecule has 0 saturated carbocycles. The lowest BCUT2D eigenvalue weighted by atomic mass is 10.0. The first-order valence-electron chi connectivity index (χ1n) is 10.8. The molecule has 36 heavy (non-hydrogen) atoms. The van der Waals surface area contributed by atoms with E-state index in [0.29, 0.717) is 29.2 Å². The largest absolute Gasteiger partial charge is 0.496 e. The van der Waals surface area contributed by atoms with Gasteiger partial charge in [-0.15, -0.1) is 0 Å². The first kappa shape index (κ1) is 29.2. The van der Waals surface area contributed by atoms with Crippen LogP contribution in [0.1, 0.15) is 34.8 Å². The minimum absolute atomic E-state index is 0.0394. The molecule has 1 atom stereocenters. The van der Waals surface area contributed by atoms with E-state index in [1.165, 1.54) is 37.4 Å². The third kappa shape index (κ3) is 8.27. The summed E-state index contributed by atoms with van der Waals surface area (Å²) in [5.74, 6) is -5.67. The van der Waals surface area contributed by atoms with Crippen LogP contribution < -0.4 is 14.8 Å². The first-order chi connectivity index (χ1) is 17.0. The molecule has 2 rings (SSSR count). The van der Waals surface area contributed by atoms with E-state index in [0.717, 1.165) is 6.42 Å². The minimum Gasteiger partial charge on any atom is -0.496 e. The van der Waals surface area contributed by atoms with Crippen molar-refractivity contribution in [3.63, 3.8) is 0 Å². The van der Waals surface area contributed by atoms with Crippen LogP contribution in [0.25, 0.3) is 0 Å². The number of nitrogens with one attached hydrogen (secondary N) is 1. The molecule has 0 aliphatic heterocycles. The molecule has 1 unspecified atom stereocenters. The van der Waals surface area contributed by atoms with Crippen molar-refractivity contribution in [2.24, 2.45) is 0 Å². The van der Waals surface area contributed by atoms with Gasteiger partial charge in [0.15, 0.2) is 6.10 Å². The second-order valence-corrected chi connectivity index (χ2v) is 8.13. The summed E-state index contributed by atoms with van der Waals surface area (Å²) in [6.45, 7) is 0.667. The van der Waals surface area contributed by atoms with Crippen molar-refractivity contribution in [1.29, 1.82) is 0 Å². The molecule has 0 aliphatic rings. The average molecular weight is 536 g/mol. The predicted molar refractivity (Wildman–Crippen MR) is 123 cm³/mol. The number of ether oxygens (including phenoxy) is 3. The van der Waals surface area contributed by atoms with Gasteiger partial charge in [0.1, 0.15) is 18.1 Å². The van der Waals surface area contributed by atoms with Crippen LogP contribution in [0.4, 0.5) is 17.6 Å². The average Bonchev–Trinajstić information content (AvgIpc) is 2.83. The molecular formula is C24H26ClF4NO6. The Bertz CT molecular complexity index is 1050. The lowest BCUT2D eigenvalue weighted by Crippen LogP contribution is -2.37. The number of methoxy groups -OCH3 is 1. The second kappa shape index (κ2) is 13.3. The predicted octanol–water partition coefficient (Wildman–Crippen LogP) is 4.98. The van der Waals surface area contributed by atoms with Gasteiger partial charge in [-0.2, -0.15) is 8.78 Å². The molecule has 0 saturated heterocycles. The van der Waals surface area contributed by atoms with Crippen LogP contribution in [0.3, 0.4) is 0 Å². The fourth-order valence-electron chi connectivity index (χ4n) is 3.06. The van der Waals surface area contributed by atoms with Crippen molar-refractivity contribution < 1.29 is 46.5 Å². The van der Waals surface area contributed by atoms with Crippen molar-refractivity contribution in [3.8, 4) is 11.5 Å².